The topological polar surface area (TPSA) is 130 Å². The number of nitrogen functional groups attached to an aromatic ring is 1. The molecule has 5 N–H and O–H groups in total. The van der Waals surface area contributed by atoms with Crippen molar-refractivity contribution < 1.29 is 9.53 Å². The highest BCUT2D eigenvalue weighted by Crippen LogP contribution is 2.28. The molecular formula is C19H28N8O2. The molecule has 1 aliphatic rings. The number of amides is 1. The Morgan fingerprint density at radius 1 is 1.21 bits per heavy atom. The molecule has 3 heterocycles. The number of rotatable bonds is 8. The second-order valence-corrected chi connectivity index (χ2v) is 7.31. The van der Waals surface area contributed by atoms with Crippen LogP contribution < -0.4 is 26.4 Å². The Morgan fingerprint density at radius 2 is 1.97 bits per heavy atom. The van der Waals surface area contributed by atoms with Gasteiger partial charge in [-0.25, -0.2) is 15.0 Å². The lowest BCUT2D eigenvalue weighted by Gasteiger charge is -2.23. The van der Waals surface area contributed by atoms with Gasteiger partial charge in [0.1, 0.15) is 28.9 Å². The monoisotopic (exact) mass is 400 g/mol. The first-order valence-corrected chi connectivity index (χ1v) is 9.62. The number of likely N-dealkylation sites (N-methyl/N-ethyl adjacent to an activating group) is 1. The van der Waals surface area contributed by atoms with E-state index in [0.717, 1.165) is 25.9 Å². The Kier molecular flexibility index (Phi) is 7.14. The van der Waals surface area contributed by atoms with E-state index in [9.17, 15) is 4.79 Å². The number of carbonyl (C=O) groups excluding carboxylic acids is 1. The first-order valence-electron chi connectivity index (χ1n) is 9.62. The molecule has 0 aliphatic carbocycles. The van der Waals surface area contributed by atoms with Gasteiger partial charge in [-0.1, -0.05) is 0 Å². The third-order valence-corrected chi connectivity index (χ3v) is 4.46. The number of nitrogens with one attached hydrogen (secondary N) is 3. The van der Waals surface area contributed by atoms with E-state index in [0.29, 0.717) is 41.4 Å². The molecule has 1 amide bonds. The lowest BCUT2D eigenvalue weighted by molar-refractivity contribution is -0.116. The predicted molar refractivity (Wildman–Crippen MR) is 112 cm³/mol. The minimum atomic E-state index is -0.131. The highest BCUT2D eigenvalue weighted by atomic mass is 16.5. The zero-order valence-corrected chi connectivity index (χ0v) is 16.8. The van der Waals surface area contributed by atoms with E-state index >= 15 is 0 Å². The SMILES string of the molecule is CN(C)CC(=O)Nc1cnc(Nc2cnc(N)cn2)cc1OCC1CCNCC1. The molecule has 0 saturated carbocycles. The van der Waals surface area contributed by atoms with Gasteiger partial charge in [-0.3, -0.25) is 4.79 Å². The summed E-state index contributed by atoms with van der Waals surface area (Å²) in [5, 5.41) is 9.30. The van der Waals surface area contributed by atoms with Gasteiger partial charge < -0.3 is 31.3 Å². The first-order chi connectivity index (χ1) is 14.0. The lowest BCUT2D eigenvalue weighted by Crippen LogP contribution is -2.31. The maximum absolute atomic E-state index is 12.2. The van der Waals surface area contributed by atoms with Crippen molar-refractivity contribution in [3.05, 3.63) is 24.7 Å². The van der Waals surface area contributed by atoms with Crippen LogP contribution in [-0.4, -0.2) is 66.1 Å². The van der Waals surface area contributed by atoms with E-state index in [1.165, 1.54) is 12.4 Å². The van der Waals surface area contributed by atoms with Gasteiger partial charge in [0.25, 0.3) is 0 Å². The number of pyridine rings is 1. The number of nitrogens with two attached hydrogens (primary N) is 1. The van der Waals surface area contributed by atoms with Gasteiger partial charge in [-0.2, -0.15) is 0 Å². The third kappa shape index (κ3) is 6.54. The summed E-state index contributed by atoms with van der Waals surface area (Å²) in [6.45, 7) is 2.86. The number of anilines is 4. The number of nitrogens with zero attached hydrogens (tertiary/aromatic N) is 4. The molecular weight excluding hydrogens is 372 g/mol. The minimum Gasteiger partial charge on any atom is -0.491 e. The second-order valence-electron chi connectivity index (χ2n) is 7.31. The van der Waals surface area contributed by atoms with Crippen molar-refractivity contribution in [2.75, 3.05) is 56.7 Å². The third-order valence-electron chi connectivity index (χ3n) is 4.46. The molecule has 0 spiro atoms. The Bertz CT molecular complexity index is 806. The number of piperidine rings is 1. The largest absolute Gasteiger partial charge is 0.491 e. The summed E-state index contributed by atoms with van der Waals surface area (Å²) < 4.78 is 6.09. The smallest absolute Gasteiger partial charge is 0.238 e. The van der Waals surface area contributed by atoms with Crippen molar-refractivity contribution in [2.45, 2.75) is 12.8 Å². The van der Waals surface area contributed by atoms with Gasteiger partial charge in [0, 0.05) is 6.07 Å². The van der Waals surface area contributed by atoms with Crippen LogP contribution in [0.25, 0.3) is 0 Å². The number of carbonyl (C=O) groups is 1. The standard InChI is InChI=1S/C19H28N8O2/c1-27(2)11-19(28)25-14-8-23-17(26-18-10-22-16(20)9-24-18)7-15(14)29-12-13-3-5-21-6-4-13/h7-10,13,21H,3-6,11-12H2,1-2H3,(H2,20,22)(H,25,28)(H,23,24,26). The fourth-order valence-corrected chi connectivity index (χ4v) is 2.99. The highest BCUT2D eigenvalue weighted by molar-refractivity contribution is 5.93. The molecule has 2 aromatic heterocycles. The van der Waals surface area contributed by atoms with Gasteiger partial charge >= 0.3 is 0 Å². The van der Waals surface area contributed by atoms with Gasteiger partial charge in [-0.05, 0) is 45.9 Å². The van der Waals surface area contributed by atoms with Crippen LogP contribution in [0.15, 0.2) is 24.7 Å². The molecule has 1 aliphatic heterocycles. The van der Waals surface area contributed by atoms with E-state index in [4.69, 9.17) is 10.5 Å². The summed E-state index contributed by atoms with van der Waals surface area (Å²) in [4.78, 5) is 26.5. The normalized spacial score (nSPS) is 14.6. The van der Waals surface area contributed by atoms with Crippen LogP contribution in [0.3, 0.4) is 0 Å². The van der Waals surface area contributed by atoms with Crippen LogP contribution in [0.5, 0.6) is 5.75 Å². The van der Waals surface area contributed by atoms with Crippen molar-refractivity contribution in [3.63, 3.8) is 0 Å². The molecule has 10 nitrogen and oxygen atoms in total. The Morgan fingerprint density at radius 3 is 2.66 bits per heavy atom. The highest BCUT2D eigenvalue weighted by Gasteiger charge is 2.16. The lowest BCUT2D eigenvalue weighted by atomic mass is 9.99. The number of aromatic nitrogens is 3. The van der Waals surface area contributed by atoms with Crippen LogP contribution in [0.1, 0.15) is 12.8 Å². The molecule has 2 aromatic rings. The number of ether oxygens (including phenoxy) is 1. The second kappa shape index (κ2) is 9.99. The van der Waals surface area contributed by atoms with Crippen LogP contribution in [-0.2, 0) is 4.79 Å². The number of hydrogen-bond donors (Lipinski definition) is 4. The quantitative estimate of drug-likeness (QED) is 0.514. The maximum atomic E-state index is 12.2. The molecule has 3 rings (SSSR count). The minimum absolute atomic E-state index is 0.131. The zero-order chi connectivity index (χ0) is 20.6. The molecule has 1 saturated heterocycles. The molecule has 29 heavy (non-hydrogen) atoms. The van der Waals surface area contributed by atoms with E-state index < -0.39 is 0 Å². The average Bonchev–Trinajstić information content (AvgIpc) is 2.70. The number of hydrogen-bond acceptors (Lipinski definition) is 9. The van der Waals surface area contributed by atoms with E-state index in [2.05, 4.69) is 30.9 Å². The Labute approximate surface area is 170 Å². The Balaban J connectivity index is 1.74. The zero-order valence-electron chi connectivity index (χ0n) is 16.8. The van der Waals surface area contributed by atoms with Crippen molar-refractivity contribution in [3.8, 4) is 5.75 Å². The van der Waals surface area contributed by atoms with Crippen LogP contribution >= 0.6 is 0 Å². The van der Waals surface area contributed by atoms with Gasteiger partial charge in [0.15, 0.2) is 0 Å². The molecule has 10 heteroatoms. The molecule has 1 fully saturated rings. The fourth-order valence-electron chi connectivity index (χ4n) is 2.99. The average molecular weight is 400 g/mol. The molecule has 0 radical (unpaired) electrons. The molecule has 0 atom stereocenters. The maximum Gasteiger partial charge on any atom is 0.238 e. The summed E-state index contributed by atoms with van der Waals surface area (Å²) in [5.41, 5.74) is 6.11. The van der Waals surface area contributed by atoms with Crippen molar-refractivity contribution in [1.82, 2.24) is 25.2 Å². The summed E-state index contributed by atoms with van der Waals surface area (Å²) >= 11 is 0. The van der Waals surface area contributed by atoms with Crippen molar-refractivity contribution >= 4 is 29.0 Å². The van der Waals surface area contributed by atoms with E-state index in [-0.39, 0.29) is 12.5 Å². The molecule has 0 bridgehead atoms. The summed E-state index contributed by atoms with van der Waals surface area (Å²) in [7, 11) is 3.68. The van der Waals surface area contributed by atoms with Crippen LogP contribution in [0, 0.1) is 5.92 Å². The molecule has 0 unspecified atom stereocenters. The summed E-state index contributed by atoms with van der Waals surface area (Å²) in [5.74, 6) is 2.31. The summed E-state index contributed by atoms with van der Waals surface area (Å²) in [6.07, 6.45) is 6.71. The van der Waals surface area contributed by atoms with Crippen LogP contribution in [0.4, 0.5) is 23.1 Å². The predicted octanol–water partition coefficient (Wildman–Crippen LogP) is 1.08. The van der Waals surface area contributed by atoms with Gasteiger partial charge in [-0.15, -0.1) is 0 Å². The van der Waals surface area contributed by atoms with Crippen LogP contribution in [0.2, 0.25) is 0 Å². The van der Waals surface area contributed by atoms with Gasteiger partial charge in [0.05, 0.1) is 31.7 Å². The van der Waals surface area contributed by atoms with E-state index in [1.54, 1.807) is 17.2 Å². The first kappa shape index (κ1) is 20.7. The fraction of sp³-hybridized carbons (Fsp3) is 0.474. The van der Waals surface area contributed by atoms with Gasteiger partial charge in [0.2, 0.25) is 5.91 Å². The summed E-state index contributed by atoms with van der Waals surface area (Å²) in [6, 6.07) is 1.75. The van der Waals surface area contributed by atoms with Crippen molar-refractivity contribution in [2.24, 2.45) is 5.92 Å². The Hall–Kier alpha value is -2.98. The van der Waals surface area contributed by atoms with Crippen molar-refractivity contribution in [1.29, 1.82) is 0 Å². The molecule has 156 valence electrons. The van der Waals surface area contributed by atoms with E-state index in [1.807, 2.05) is 14.1 Å². The molecule has 0 aromatic carbocycles.